The summed E-state index contributed by atoms with van der Waals surface area (Å²) in [6.45, 7) is 1.96. The predicted octanol–water partition coefficient (Wildman–Crippen LogP) is 3.32. The lowest BCUT2D eigenvalue weighted by atomic mass is 10.0. The summed E-state index contributed by atoms with van der Waals surface area (Å²) in [5.74, 6) is 0. The Morgan fingerprint density at radius 3 is 2.31 bits per heavy atom. The Morgan fingerprint density at radius 1 is 1.31 bits per heavy atom. The fourth-order valence-corrected chi connectivity index (χ4v) is 2.22. The first-order valence-corrected chi connectivity index (χ1v) is 5.99. The zero-order valence-corrected chi connectivity index (χ0v) is 10.9. The van der Waals surface area contributed by atoms with E-state index in [2.05, 4.69) is 0 Å². The number of benzene rings is 1. The minimum atomic E-state index is -0.590. The molecule has 0 aliphatic heterocycles. The first-order valence-electron chi connectivity index (χ1n) is 5.23. The number of ether oxygens (including phenoxy) is 1. The van der Waals surface area contributed by atoms with Crippen LogP contribution < -0.4 is 0 Å². The molecule has 1 N–H and O–H groups in total. The van der Waals surface area contributed by atoms with E-state index in [1.54, 1.807) is 25.3 Å². The number of methoxy groups -OCH3 is 1. The molecule has 2 atom stereocenters. The highest BCUT2D eigenvalue weighted by atomic mass is 35.5. The van der Waals surface area contributed by atoms with Gasteiger partial charge in [0.2, 0.25) is 0 Å². The minimum Gasteiger partial charge on any atom is -0.390 e. The second-order valence-corrected chi connectivity index (χ2v) is 4.47. The van der Waals surface area contributed by atoms with Crippen LogP contribution in [0.15, 0.2) is 18.2 Å². The van der Waals surface area contributed by atoms with Gasteiger partial charge in [0.05, 0.1) is 12.2 Å². The molecule has 1 rings (SSSR count). The number of hydrogen-bond donors (Lipinski definition) is 1. The molecule has 0 saturated heterocycles. The van der Waals surface area contributed by atoms with Gasteiger partial charge >= 0.3 is 0 Å². The zero-order chi connectivity index (χ0) is 12.1. The van der Waals surface area contributed by atoms with E-state index in [0.29, 0.717) is 16.5 Å². The van der Waals surface area contributed by atoms with Crippen LogP contribution in [0.4, 0.5) is 0 Å². The zero-order valence-electron chi connectivity index (χ0n) is 9.41. The third-order valence-corrected chi connectivity index (χ3v) is 3.32. The Hall–Kier alpha value is -0.280. The number of halogens is 2. The number of rotatable bonds is 5. The molecule has 0 aromatic heterocycles. The molecular weight excluding hydrogens is 247 g/mol. The smallest absolute Gasteiger partial charge is 0.0842 e. The molecule has 1 aromatic rings. The van der Waals surface area contributed by atoms with Crippen molar-refractivity contribution in [1.82, 2.24) is 0 Å². The third kappa shape index (κ3) is 3.36. The van der Waals surface area contributed by atoms with Gasteiger partial charge in [-0.25, -0.2) is 0 Å². The molecular formula is C12H16Cl2O2. The standard InChI is InChI=1S/C12H16Cl2O2/c1-3-12(16-2)11(15)7-8-9(13)5-4-6-10(8)14/h4-6,11-12,15H,3,7H2,1-2H3. The lowest BCUT2D eigenvalue weighted by Crippen LogP contribution is -2.29. The van der Waals surface area contributed by atoms with Gasteiger partial charge in [0.25, 0.3) is 0 Å². The first-order chi connectivity index (χ1) is 7.60. The molecule has 0 amide bonds. The largest absolute Gasteiger partial charge is 0.390 e. The average Bonchev–Trinajstić information content (AvgIpc) is 2.25. The normalized spacial score (nSPS) is 14.8. The number of aliphatic hydroxyl groups excluding tert-OH is 1. The van der Waals surface area contributed by atoms with Crippen LogP contribution in [0.25, 0.3) is 0 Å². The second-order valence-electron chi connectivity index (χ2n) is 3.65. The van der Waals surface area contributed by atoms with Crippen LogP contribution >= 0.6 is 23.2 Å². The van der Waals surface area contributed by atoms with Crippen LogP contribution in [0.2, 0.25) is 10.0 Å². The molecule has 0 aliphatic rings. The molecule has 2 nitrogen and oxygen atoms in total. The van der Waals surface area contributed by atoms with Crippen molar-refractivity contribution in [1.29, 1.82) is 0 Å². The van der Waals surface area contributed by atoms with Crippen LogP contribution in [-0.4, -0.2) is 24.4 Å². The van der Waals surface area contributed by atoms with E-state index in [1.807, 2.05) is 6.92 Å². The highest BCUT2D eigenvalue weighted by molar-refractivity contribution is 6.35. The van der Waals surface area contributed by atoms with Crippen molar-refractivity contribution in [3.8, 4) is 0 Å². The number of aliphatic hydroxyl groups is 1. The molecule has 4 heteroatoms. The lowest BCUT2D eigenvalue weighted by Gasteiger charge is -2.21. The summed E-state index contributed by atoms with van der Waals surface area (Å²) in [6, 6.07) is 5.32. The van der Waals surface area contributed by atoms with Gasteiger partial charge in [0.15, 0.2) is 0 Å². The van der Waals surface area contributed by atoms with Crippen molar-refractivity contribution >= 4 is 23.2 Å². The molecule has 16 heavy (non-hydrogen) atoms. The molecule has 0 aliphatic carbocycles. The van der Waals surface area contributed by atoms with Crippen molar-refractivity contribution in [3.63, 3.8) is 0 Å². The molecule has 0 heterocycles. The molecule has 0 fully saturated rings. The maximum absolute atomic E-state index is 9.97. The van der Waals surface area contributed by atoms with Gasteiger partial charge in [-0.1, -0.05) is 36.2 Å². The Bertz CT molecular complexity index is 318. The van der Waals surface area contributed by atoms with Crippen molar-refractivity contribution in [3.05, 3.63) is 33.8 Å². The number of hydrogen-bond acceptors (Lipinski definition) is 2. The van der Waals surface area contributed by atoms with Gasteiger partial charge < -0.3 is 9.84 Å². The van der Waals surface area contributed by atoms with Crippen LogP contribution in [0.1, 0.15) is 18.9 Å². The highest BCUT2D eigenvalue weighted by Gasteiger charge is 2.19. The van der Waals surface area contributed by atoms with Crippen molar-refractivity contribution in [2.75, 3.05) is 7.11 Å². The SMILES string of the molecule is CCC(OC)C(O)Cc1c(Cl)cccc1Cl. The Kier molecular flexibility index (Phi) is 5.56. The van der Waals surface area contributed by atoms with Crippen LogP contribution in [0.5, 0.6) is 0 Å². The van der Waals surface area contributed by atoms with Crippen molar-refractivity contribution in [2.45, 2.75) is 32.0 Å². The Balaban J connectivity index is 2.80. The summed E-state index contributed by atoms with van der Waals surface area (Å²) in [7, 11) is 1.59. The third-order valence-electron chi connectivity index (χ3n) is 2.61. The topological polar surface area (TPSA) is 29.5 Å². The predicted molar refractivity (Wildman–Crippen MR) is 67.3 cm³/mol. The van der Waals surface area contributed by atoms with E-state index in [0.717, 1.165) is 12.0 Å². The Morgan fingerprint density at radius 2 is 1.88 bits per heavy atom. The minimum absolute atomic E-state index is 0.188. The highest BCUT2D eigenvalue weighted by Crippen LogP contribution is 2.26. The van der Waals surface area contributed by atoms with Gasteiger partial charge in [-0.15, -0.1) is 0 Å². The quantitative estimate of drug-likeness (QED) is 0.883. The van der Waals surface area contributed by atoms with Gasteiger partial charge in [-0.05, 0) is 24.1 Å². The van der Waals surface area contributed by atoms with E-state index in [-0.39, 0.29) is 6.10 Å². The fourth-order valence-electron chi connectivity index (χ4n) is 1.66. The fraction of sp³-hybridized carbons (Fsp3) is 0.500. The average molecular weight is 263 g/mol. The maximum atomic E-state index is 9.97. The summed E-state index contributed by atoms with van der Waals surface area (Å²) in [5, 5.41) is 11.1. The molecule has 1 aromatic carbocycles. The molecule has 2 unspecified atom stereocenters. The first kappa shape index (κ1) is 13.8. The summed E-state index contributed by atoms with van der Waals surface area (Å²) < 4.78 is 5.18. The van der Waals surface area contributed by atoms with Gasteiger partial charge in [-0.2, -0.15) is 0 Å². The van der Waals surface area contributed by atoms with Gasteiger partial charge in [-0.3, -0.25) is 0 Å². The monoisotopic (exact) mass is 262 g/mol. The summed E-state index contributed by atoms with van der Waals surface area (Å²) in [5.41, 5.74) is 0.772. The Labute approximate surface area is 106 Å². The molecule has 0 spiro atoms. The van der Waals surface area contributed by atoms with Crippen molar-refractivity contribution < 1.29 is 9.84 Å². The molecule has 0 saturated carbocycles. The van der Waals surface area contributed by atoms with E-state index >= 15 is 0 Å². The van der Waals surface area contributed by atoms with E-state index < -0.39 is 6.10 Å². The molecule has 0 radical (unpaired) electrons. The van der Waals surface area contributed by atoms with Gasteiger partial charge in [0, 0.05) is 23.6 Å². The maximum Gasteiger partial charge on any atom is 0.0842 e. The van der Waals surface area contributed by atoms with Crippen LogP contribution in [-0.2, 0) is 11.2 Å². The second kappa shape index (κ2) is 6.45. The summed E-state index contributed by atoms with van der Waals surface area (Å²) in [6.07, 6.45) is 0.379. The molecule has 0 bridgehead atoms. The van der Waals surface area contributed by atoms with Crippen molar-refractivity contribution in [2.24, 2.45) is 0 Å². The van der Waals surface area contributed by atoms with E-state index in [9.17, 15) is 5.11 Å². The summed E-state index contributed by atoms with van der Waals surface area (Å²) >= 11 is 12.1. The van der Waals surface area contributed by atoms with Crippen LogP contribution in [0, 0.1) is 0 Å². The van der Waals surface area contributed by atoms with E-state index in [4.69, 9.17) is 27.9 Å². The van der Waals surface area contributed by atoms with E-state index in [1.165, 1.54) is 0 Å². The van der Waals surface area contributed by atoms with Crippen LogP contribution in [0.3, 0.4) is 0 Å². The lowest BCUT2D eigenvalue weighted by molar-refractivity contribution is -0.0128. The van der Waals surface area contributed by atoms with Gasteiger partial charge in [0.1, 0.15) is 0 Å². The molecule has 90 valence electrons. The summed E-state index contributed by atoms with van der Waals surface area (Å²) in [4.78, 5) is 0.